The number of nitrogens with one attached hydrogen (secondary N) is 2. The van der Waals surface area contributed by atoms with Crippen LogP contribution in [0, 0.1) is 25.2 Å². The topological polar surface area (TPSA) is 91.0 Å². The van der Waals surface area contributed by atoms with Crippen LogP contribution in [0.1, 0.15) is 41.0 Å². The molecule has 0 aliphatic heterocycles. The second kappa shape index (κ2) is 6.76. The van der Waals surface area contributed by atoms with Crippen molar-refractivity contribution >= 4 is 17.3 Å². The molecular formula is C16H18N4O2. The first-order chi connectivity index (χ1) is 10.5. The van der Waals surface area contributed by atoms with Crippen molar-refractivity contribution in [1.29, 1.82) is 5.26 Å². The number of nitriles is 1. The molecule has 1 heterocycles. The average molecular weight is 298 g/mol. The van der Waals surface area contributed by atoms with Crippen molar-refractivity contribution in [2.45, 2.75) is 27.2 Å². The van der Waals surface area contributed by atoms with Gasteiger partial charge in [0.2, 0.25) is 5.76 Å². The number of oxazole rings is 1. The fraction of sp³-hybridized carbons (Fsp3) is 0.312. The monoisotopic (exact) mass is 298 g/mol. The number of rotatable bonds is 5. The Morgan fingerprint density at radius 3 is 2.73 bits per heavy atom. The van der Waals surface area contributed by atoms with Crippen LogP contribution in [0.5, 0.6) is 0 Å². The summed E-state index contributed by atoms with van der Waals surface area (Å²) >= 11 is 0. The number of aryl methyl sites for hydroxylation is 2. The lowest BCUT2D eigenvalue weighted by molar-refractivity contribution is 0.0994. The summed E-state index contributed by atoms with van der Waals surface area (Å²) in [6.45, 7) is 6.23. The highest BCUT2D eigenvalue weighted by Gasteiger charge is 2.17. The van der Waals surface area contributed by atoms with Crippen LogP contribution in [0.25, 0.3) is 0 Å². The zero-order valence-electron chi connectivity index (χ0n) is 12.9. The van der Waals surface area contributed by atoms with Crippen molar-refractivity contribution < 1.29 is 9.21 Å². The van der Waals surface area contributed by atoms with Crippen LogP contribution < -0.4 is 10.6 Å². The van der Waals surface area contributed by atoms with E-state index in [-0.39, 0.29) is 11.7 Å². The van der Waals surface area contributed by atoms with Gasteiger partial charge in [-0.2, -0.15) is 5.26 Å². The summed E-state index contributed by atoms with van der Waals surface area (Å²) < 4.78 is 5.32. The maximum absolute atomic E-state index is 12.3. The van der Waals surface area contributed by atoms with Gasteiger partial charge in [0.05, 0.1) is 28.7 Å². The van der Waals surface area contributed by atoms with E-state index in [4.69, 9.17) is 9.68 Å². The molecule has 0 saturated heterocycles. The van der Waals surface area contributed by atoms with Crippen LogP contribution in [0.3, 0.4) is 0 Å². The second-order valence-corrected chi connectivity index (χ2v) is 4.90. The summed E-state index contributed by atoms with van der Waals surface area (Å²) in [5.74, 6) is 0.242. The number of amides is 1. The fourth-order valence-corrected chi connectivity index (χ4v) is 2.05. The minimum absolute atomic E-state index is 0.182. The Hall–Kier alpha value is -2.81. The van der Waals surface area contributed by atoms with E-state index in [9.17, 15) is 4.79 Å². The molecule has 2 aromatic rings. The van der Waals surface area contributed by atoms with Crippen molar-refractivity contribution in [3.63, 3.8) is 0 Å². The molecule has 6 heteroatoms. The van der Waals surface area contributed by atoms with E-state index in [2.05, 4.69) is 28.6 Å². The van der Waals surface area contributed by atoms with Crippen molar-refractivity contribution in [2.24, 2.45) is 0 Å². The van der Waals surface area contributed by atoms with Gasteiger partial charge in [-0.15, -0.1) is 0 Å². The van der Waals surface area contributed by atoms with Crippen molar-refractivity contribution in [2.75, 3.05) is 17.2 Å². The highest BCUT2D eigenvalue weighted by molar-refractivity contribution is 6.04. The minimum Gasteiger partial charge on any atom is -0.436 e. The summed E-state index contributed by atoms with van der Waals surface area (Å²) in [5, 5.41) is 15.0. The number of hydrogen-bond donors (Lipinski definition) is 2. The lowest BCUT2D eigenvalue weighted by Gasteiger charge is -2.12. The maximum atomic E-state index is 12.3. The third-order valence-electron chi connectivity index (χ3n) is 3.07. The Morgan fingerprint density at radius 1 is 1.36 bits per heavy atom. The van der Waals surface area contributed by atoms with Gasteiger partial charge in [0, 0.05) is 13.5 Å². The van der Waals surface area contributed by atoms with Gasteiger partial charge in [-0.3, -0.25) is 4.79 Å². The van der Waals surface area contributed by atoms with Gasteiger partial charge in [-0.25, -0.2) is 4.98 Å². The van der Waals surface area contributed by atoms with Crippen LogP contribution in [-0.2, 0) is 0 Å². The Labute approximate surface area is 129 Å². The highest BCUT2D eigenvalue weighted by Crippen LogP contribution is 2.24. The van der Waals surface area contributed by atoms with Gasteiger partial charge in [-0.1, -0.05) is 6.92 Å². The van der Waals surface area contributed by atoms with Gasteiger partial charge >= 0.3 is 0 Å². The molecule has 2 rings (SSSR count). The van der Waals surface area contributed by atoms with E-state index in [1.54, 1.807) is 32.0 Å². The average Bonchev–Trinajstić information content (AvgIpc) is 2.84. The highest BCUT2D eigenvalue weighted by atomic mass is 16.4. The van der Waals surface area contributed by atoms with E-state index in [1.165, 1.54) is 0 Å². The van der Waals surface area contributed by atoms with E-state index in [1.807, 2.05) is 0 Å². The molecule has 0 saturated carbocycles. The number of aromatic nitrogens is 1. The second-order valence-electron chi connectivity index (χ2n) is 4.90. The summed E-state index contributed by atoms with van der Waals surface area (Å²) in [5.41, 5.74) is 2.33. The normalized spacial score (nSPS) is 10.1. The van der Waals surface area contributed by atoms with Crippen LogP contribution in [0.2, 0.25) is 0 Å². The molecule has 22 heavy (non-hydrogen) atoms. The van der Waals surface area contributed by atoms with E-state index >= 15 is 0 Å². The number of benzene rings is 1. The minimum atomic E-state index is -0.382. The molecule has 0 bridgehead atoms. The molecule has 6 nitrogen and oxygen atoms in total. The Bertz CT molecular complexity index is 728. The smallest absolute Gasteiger partial charge is 0.293 e. The maximum Gasteiger partial charge on any atom is 0.293 e. The molecule has 0 aliphatic carbocycles. The standard InChI is InChI=1S/C16H18N4O2/c1-4-7-18-13-6-5-12(9-17)8-14(13)20-16(21)15-10(2)19-11(3)22-15/h5-6,8,18H,4,7H2,1-3H3,(H,20,21). The van der Waals surface area contributed by atoms with Crippen LogP contribution >= 0.6 is 0 Å². The zero-order chi connectivity index (χ0) is 16.1. The summed E-state index contributed by atoms with van der Waals surface area (Å²) in [6, 6.07) is 7.18. The summed E-state index contributed by atoms with van der Waals surface area (Å²) in [4.78, 5) is 16.4. The molecule has 0 spiro atoms. The van der Waals surface area contributed by atoms with Gasteiger partial charge in [-0.05, 0) is 31.5 Å². The Kier molecular flexibility index (Phi) is 4.79. The molecule has 114 valence electrons. The largest absolute Gasteiger partial charge is 0.436 e. The summed E-state index contributed by atoms with van der Waals surface area (Å²) in [6.07, 6.45) is 0.952. The van der Waals surface area contributed by atoms with Crippen LogP contribution in [0.4, 0.5) is 11.4 Å². The van der Waals surface area contributed by atoms with Crippen molar-refractivity contribution in [1.82, 2.24) is 4.98 Å². The molecule has 0 fully saturated rings. The van der Waals surface area contributed by atoms with Gasteiger partial charge in [0.15, 0.2) is 5.89 Å². The van der Waals surface area contributed by atoms with Gasteiger partial charge < -0.3 is 15.1 Å². The molecule has 1 amide bonds. The first kappa shape index (κ1) is 15.6. The third-order valence-corrected chi connectivity index (χ3v) is 3.07. The number of nitrogens with zero attached hydrogens (tertiary/aromatic N) is 2. The lowest BCUT2D eigenvalue weighted by atomic mass is 10.1. The fourth-order valence-electron chi connectivity index (χ4n) is 2.05. The van der Waals surface area contributed by atoms with Crippen molar-refractivity contribution in [3.05, 3.63) is 41.1 Å². The molecule has 1 aromatic carbocycles. The number of anilines is 2. The third kappa shape index (κ3) is 3.44. The van der Waals surface area contributed by atoms with Crippen LogP contribution in [0.15, 0.2) is 22.6 Å². The first-order valence-corrected chi connectivity index (χ1v) is 7.08. The van der Waals surface area contributed by atoms with Gasteiger partial charge in [0.1, 0.15) is 0 Å². The summed E-state index contributed by atoms with van der Waals surface area (Å²) in [7, 11) is 0. The predicted octanol–water partition coefficient (Wildman–Crippen LogP) is 3.24. The SMILES string of the molecule is CCCNc1ccc(C#N)cc1NC(=O)c1oc(C)nc1C. The molecule has 0 atom stereocenters. The number of hydrogen-bond acceptors (Lipinski definition) is 5. The number of carbonyl (C=O) groups is 1. The molecular weight excluding hydrogens is 280 g/mol. The number of carbonyl (C=O) groups excluding carboxylic acids is 1. The van der Waals surface area contributed by atoms with Crippen molar-refractivity contribution in [3.8, 4) is 6.07 Å². The molecule has 0 radical (unpaired) electrons. The van der Waals surface area contributed by atoms with E-state index in [0.717, 1.165) is 18.7 Å². The zero-order valence-corrected chi connectivity index (χ0v) is 12.9. The lowest BCUT2D eigenvalue weighted by Crippen LogP contribution is -2.14. The Balaban J connectivity index is 2.28. The predicted molar refractivity (Wildman–Crippen MR) is 83.9 cm³/mol. The first-order valence-electron chi connectivity index (χ1n) is 7.08. The van der Waals surface area contributed by atoms with E-state index < -0.39 is 0 Å². The quantitative estimate of drug-likeness (QED) is 0.884. The van der Waals surface area contributed by atoms with Gasteiger partial charge in [0.25, 0.3) is 5.91 Å². The molecule has 0 aliphatic rings. The molecule has 1 aromatic heterocycles. The molecule has 2 N–H and O–H groups in total. The molecule has 0 unspecified atom stereocenters. The van der Waals surface area contributed by atoms with Crippen LogP contribution in [-0.4, -0.2) is 17.4 Å². The Morgan fingerprint density at radius 2 is 2.14 bits per heavy atom. The van der Waals surface area contributed by atoms with E-state index in [0.29, 0.717) is 22.8 Å².